The molecule has 0 aliphatic carbocycles. The molecule has 4 rings (SSSR count). The van der Waals surface area contributed by atoms with Crippen molar-refractivity contribution in [2.75, 3.05) is 59.4 Å². The average Bonchev–Trinajstić information content (AvgIpc) is 3.16. The lowest BCUT2D eigenvalue weighted by Crippen LogP contribution is -2.49. The van der Waals surface area contributed by atoms with Crippen molar-refractivity contribution in [3.63, 3.8) is 0 Å². The van der Waals surface area contributed by atoms with Gasteiger partial charge < -0.3 is 30.1 Å². The number of imidazole rings is 1. The molecular formula is C24H35N5O6. The summed E-state index contributed by atoms with van der Waals surface area (Å²) >= 11 is 0. The van der Waals surface area contributed by atoms with Crippen LogP contribution in [0.1, 0.15) is 18.9 Å². The van der Waals surface area contributed by atoms with Gasteiger partial charge in [-0.3, -0.25) is 9.47 Å². The van der Waals surface area contributed by atoms with Crippen LogP contribution in [0, 0.1) is 0 Å². The highest BCUT2D eigenvalue weighted by atomic mass is 16.4. The summed E-state index contributed by atoms with van der Waals surface area (Å²) in [5, 5.41) is 26.1. The number of hydrogen-bond donors (Lipinski definition) is 4. The van der Waals surface area contributed by atoms with Crippen LogP contribution in [0.25, 0.3) is 11.0 Å². The molecule has 0 radical (unpaired) electrons. The second kappa shape index (κ2) is 12.6. The third kappa shape index (κ3) is 8.03. The molecule has 0 saturated carbocycles. The molecule has 2 fully saturated rings. The molecule has 1 aromatic carbocycles. The van der Waals surface area contributed by atoms with Gasteiger partial charge in [0.25, 0.3) is 0 Å². The molecule has 1 aromatic heterocycles. The van der Waals surface area contributed by atoms with Crippen LogP contribution in [0.3, 0.4) is 0 Å². The van der Waals surface area contributed by atoms with E-state index >= 15 is 0 Å². The number of piperidine rings is 1. The Morgan fingerprint density at radius 2 is 1.51 bits per heavy atom. The number of likely N-dealkylation sites (N-methyl/N-ethyl adjacent to an activating group) is 1. The number of aliphatic hydroxyl groups is 1. The number of rotatable bonds is 7. The normalized spacial score (nSPS) is 19.5. The third-order valence-corrected chi connectivity index (χ3v) is 6.45. The van der Waals surface area contributed by atoms with Crippen LogP contribution in [0.4, 0.5) is 0 Å². The zero-order valence-electron chi connectivity index (χ0n) is 20.0. The maximum Gasteiger partial charge on any atom is 0.328 e. The van der Waals surface area contributed by atoms with E-state index in [0.29, 0.717) is 12.2 Å². The van der Waals surface area contributed by atoms with Crippen LogP contribution in [-0.4, -0.2) is 117 Å². The molecule has 192 valence electrons. The van der Waals surface area contributed by atoms with E-state index in [9.17, 15) is 19.5 Å². The molecular weight excluding hydrogens is 454 g/mol. The lowest BCUT2D eigenvalue weighted by Gasteiger charge is -2.36. The van der Waals surface area contributed by atoms with Crippen LogP contribution >= 0.6 is 0 Å². The smallest absolute Gasteiger partial charge is 0.328 e. The Bertz CT molecular complexity index is 1050. The number of piperazine rings is 1. The van der Waals surface area contributed by atoms with E-state index < -0.39 is 11.9 Å². The first-order valence-corrected chi connectivity index (χ1v) is 11.9. The van der Waals surface area contributed by atoms with Crippen molar-refractivity contribution in [1.82, 2.24) is 24.3 Å². The van der Waals surface area contributed by atoms with Gasteiger partial charge in [0, 0.05) is 70.6 Å². The molecule has 1 atom stereocenters. The Kier molecular flexibility index (Phi) is 9.61. The molecule has 11 nitrogen and oxygen atoms in total. The fourth-order valence-electron chi connectivity index (χ4n) is 4.62. The van der Waals surface area contributed by atoms with Gasteiger partial charge in [-0.1, -0.05) is 12.1 Å². The molecule has 1 unspecified atom stereocenters. The van der Waals surface area contributed by atoms with Crippen LogP contribution < -0.4 is 5.69 Å². The van der Waals surface area contributed by atoms with E-state index in [1.54, 1.807) is 0 Å². The highest BCUT2D eigenvalue weighted by molar-refractivity contribution is 5.89. The number of carbonyl (C=O) groups is 2. The van der Waals surface area contributed by atoms with Gasteiger partial charge in [0.15, 0.2) is 0 Å². The number of aliphatic carboxylic acids is 2. The van der Waals surface area contributed by atoms with Crippen LogP contribution in [0.2, 0.25) is 0 Å². The molecule has 2 aromatic rings. The SMILES string of the molecule is CN1CCN(CC(O)CN2CCC(n3c(=O)[nH]c4ccccc43)CC2)CC1.O=C(O)/C=C\C(=O)O. The molecule has 35 heavy (non-hydrogen) atoms. The van der Waals surface area contributed by atoms with E-state index in [2.05, 4.69) is 26.7 Å². The molecule has 2 saturated heterocycles. The summed E-state index contributed by atoms with van der Waals surface area (Å²) in [5.74, 6) is -2.51. The first-order chi connectivity index (χ1) is 16.7. The zero-order chi connectivity index (χ0) is 25.4. The molecule has 11 heteroatoms. The van der Waals surface area contributed by atoms with E-state index in [4.69, 9.17) is 10.2 Å². The van der Waals surface area contributed by atoms with Crippen molar-refractivity contribution in [2.24, 2.45) is 0 Å². The second-order valence-corrected chi connectivity index (χ2v) is 9.12. The molecule has 0 spiro atoms. The number of carboxylic acids is 2. The predicted molar refractivity (Wildman–Crippen MR) is 132 cm³/mol. The first kappa shape index (κ1) is 26.6. The predicted octanol–water partition coefficient (Wildman–Crippen LogP) is 0.287. The van der Waals surface area contributed by atoms with Gasteiger partial charge in [-0.05, 0) is 32.0 Å². The van der Waals surface area contributed by atoms with E-state index in [0.717, 1.165) is 76.2 Å². The van der Waals surface area contributed by atoms with Gasteiger partial charge in [-0.15, -0.1) is 0 Å². The Morgan fingerprint density at radius 1 is 0.971 bits per heavy atom. The number of carboxylic acid groups (broad SMARTS) is 2. The number of benzene rings is 1. The zero-order valence-corrected chi connectivity index (χ0v) is 20.0. The second-order valence-electron chi connectivity index (χ2n) is 9.12. The number of para-hydroxylation sites is 2. The summed E-state index contributed by atoms with van der Waals surface area (Å²) in [4.78, 5) is 41.5. The Labute approximate surface area is 203 Å². The number of aliphatic hydroxyl groups excluding tert-OH is 1. The average molecular weight is 490 g/mol. The van der Waals surface area contributed by atoms with Crippen LogP contribution in [0.5, 0.6) is 0 Å². The highest BCUT2D eigenvalue weighted by Gasteiger charge is 2.25. The maximum absolute atomic E-state index is 12.4. The number of fused-ring (bicyclic) bond motifs is 1. The Balaban J connectivity index is 0.000000371. The van der Waals surface area contributed by atoms with E-state index in [1.165, 1.54) is 0 Å². The number of nitrogens with one attached hydrogen (secondary N) is 1. The monoisotopic (exact) mass is 489 g/mol. The van der Waals surface area contributed by atoms with Crippen molar-refractivity contribution in [3.8, 4) is 0 Å². The minimum Gasteiger partial charge on any atom is -0.478 e. The summed E-state index contributed by atoms with van der Waals surface area (Å²) in [7, 11) is 2.15. The summed E-state index contributed by atoms with van der Waals surface area (Å²) < 4.78 is 1.92. The summed E-state index contributed by atoms with van der Waals surface area (Å²) in [6.45, 7) is 7.58. The topological polar surface area (TPSA) is 142 Å². The van der Waals surface area contributed by atoms with Crippen LogP contribution in [-0.2, 0) is 9.59 Å². The lowest BCUT2D eigenvalue weighted by molar-refractivity contribution is -0.134. The summed E-state index contributed by atoms with van der Waals surface area (Å²) in [6.07, 6.45) is 2.71. The lowest BCUT2D eigenvalue weighted by atomic mass is 10.0. The molecule has 4 N–H and O–H groups in total. The highest BCUT2D eigenvalue weighted by Crippen LogP contribution is 2.24. The molecule has 0 amide bonds. The number of hydrogen-bond acceptors (Lipinski definition) is 7. The Hall–Kier alpha value is -2.99. The van der Waals surface area contributed by atoms with E-state index in [1.807, 2.05) is 28.8 Å². The van der Waals surface area contributed by atoms with Gasteiger partial charge >= 0.3 is 17.6 Å². The quantitative estimate of drug-likeness (QED) is 0.404. The third-order valence-electron chi connectivity index (χ3n) is 6.45. The minimum absolute atomic E-state index is 0.00949. The fraction of sp³-hybridized carbons (Fsp3) is 0.542. The van der Waals surface area contributed by atoms with Crippen molar-refractivity contribution in [1.29, 1.82) is 0 Å². The van der Waals surface area contributed by atoms with Crippen molar-refractivity contribution < 1.29 is 24.9 Å². The first-order valence-electron chi connectivity index (χ1n) is 11.9. The van der Waals surface area contributed by atoms with Crippen LogP contribution in [0.15, 0.2) is 41.2 Å². The minimum atomic E-state index is -1.26. The van der Waals surface area contributed by atoms with Gasteiger partial charge in [-0.25, -0.2) is 14.4 Å². The number of H-pyrrole nitrogens is 1. The fourth-order valence-corrected chi connectivity index (χ4v) is 4.62. The number of aromatic amines is 1. The van der Waals surface area contributed by atoms with Crippen molar-refractivity contribution in [2.45, 2.75) is 25.0 Å². The molecule has 2 aliphatic heterocycles. The number of likely N-dealkylation sites (tertiary alicyclic amines) is 1. The standard InChI is InChI=1S/C20H31N5O2.C4H4O4/c1-22-10-12-24(13-11-22)15-17(26)14-23-8-6-16(7-9-23)25-19-5-3-2-4-18(19)21-20(25)27;5-3(6)1-2-4(7)8/h2-5,16-17,26H,6-15H2,1H3,(H,21,27);1-2H,(H,5,6)(H,7,8)/b;2-1-. The largest absolute Gasteiger partial charge is 0.478 e. The van der Waals surface area contributed by atoms with Gasteiger partial charge in [-0.2, -0.15) is 0 Å². The molecule has 2 aliphatic rings. The number of nitrogens with zero attached hydrogens (tertiary/aromatic N) is 4. The van der Waals surface area contributed by atoms with E-state index in [-0.39, 0.29) is 17.8 Å². The van der Waals surface area contributed by atoms with Gasteiger partial charge in [0.05, 0.1) is 17.1 Å². The number of β-amino-alcohol motifs (C(OH)–C–C–N with tert-alkyl or cyclic N) is 1. The summed E-state index contributed by atoms with van der Waals surface area (Å²) in [6, 6.07) is 8.14. The molecule has 0 bridgehead atoms. The van der Waals surface area contributed by atoms with Crippen molar-refractivity contribution >= 4 is 23.0 Å². The maximum atomic E-state index is 12.4. The Morgan fingerprint density at radius 3 is 2.09 bits per heavy atom. The van der Waals surface area contributed by atoms with Gasteiger partial charge in [0.1, 0.15) is 0 Å². The summed E-state index contributed by atoms with van der Waals surface area (Å²) in [5.41, 5.74) is 1.90. The molecule has 3 heterocycles. The number of aromatic nitrogens is 2. The van der Waals surface area contributed by atoms with Crippen molar-refractivity contribution in [3.05, 3.63) is 46.9 Å². The van der Waals surface area contributed by atoms with Gasteiger partial charge in [0.2, 0.25) is 0 Å².